The molecule has 0 aliphatic heterocycles. The van der Waals surface area contributed by atoms with Crippen LogP contribution in [-0.2, 0) is 0 Å². The Bertz CT molecular complexity index is 1140. The molecule has 4 rings (SSSR count). The van der Waals surface area contributed by atoms with Crippen molar-refractivity contribution in [1.29, 1.82) is 0 Å². The van der Waals surface area contributed by atoms with Crippen molar-refractivity contribution in [2.24, 2.45) is 4.99 Å². The molecular formula is C23H22N6. The average Bonchev–Trinajstić information content (AvgIpc) is 2.75. The Balaban J connectivity index is 1.98. The highest BCUT2D eigenvalue weighted by Gasteiger charge is 2.13. The van der Waals surface area contributed by atoms with Crippen molar-refractivity contribution in [3.05, 3.63) is 96.6 Å². The summed E-state index contributed by atoms with van der Waals surface area (Å²) in [5, 5.41) is 3.42. The Morgan fingerprint density at radius 3 is 1.97 bits per heavy atom. The number of benzene rings is 3. The van der Waals surface area contributed by atoms with E-state index in [1.165, 1.54) is 0 Å². The summed E-state index contributed by atoms with van der Waals surface area (Å²) < 4.78 is 1.92. The maximum absolute atomic E-state index is 4.81. The second-order valence-corrected chi connectivity index (χ2v) is 6.65. The van der Waals surface area contributed by atoms with Crippen molar-refractivity contribution in [2.75, 3.05) is 24.3 Å². The van der Waals surface area contributed by atoms with Crippen LogP contribution in [0.4, 0.5) is 23.3 Å². The highest BCUT2D eigenvalue weighted by atomic mass is 15.3. The third-order valence-electron chi connectivity index (χ3n) is 4.25. The number of para-hydroxylation sites is 3. The normalized spacial score (nSPS) is 11.3. The first-order chi connectivity index (χ1) is 14.2. The van der Waals surface area contributed by atoms with Crippen LogP contribution < -0.4 is 15.8 Å². The van der Waals surface area contributed by atoms with Crippen LogP contribution in [0.15, 0.2) is 96.0 Å². The summed E-state index contributed by atoms with van der Waals surface area (Å²) in [6.07, 6.45) is 0. The zero-order valence-electron chi connectivity index (χ0n) is 16.4. The van der Waals surface area contributed by atoms with E-state index in [2.05, 4.69) is 5.32 Å². The minimum absolute atomic E-state index is 0.541. The topological polar surface area (TPSA) is 58.3 Å². The van der Waals surface area contributed by atoms with Crippen molar-refractivity contribution < 1.29 is 0 Å². The minimum atomic E-state index is 0.541. The maximum atomic E-state index is 4.81. The number of aromatic nitrogens is 3. The summed E-state index contributed by atoms with van der Waals surface area (Å²) in [6.45, 7) is 0. The lowest BCUT2D eigenvalue weighted by molar-refractivity contribution is 0.821. The van der Waals surface area contributed by atoms with Gasteiger partial charge in [-0.25, -0.2) is 9.56 Å². The molecule has 6 heteroatoms. The molecule has 0 saturated carbocycles. The van der Waals surface area contributed by atoms with Gasteiger partial charge < -0.3 is 10.2 Å². The van der Waals surface area contributed by atoms with E-state index in [0.29, 0.717) is 17.5 Å². The first-order valence-electron chi connectivity index (χ1n) is 9.36. The van der Waals surface area contributed by atoms with E-state index in [1.807, 2.05) is 115 Å². The first kappa shape index (κ1) is 18.4. The molecule has 0 aliphatic rings. The van der Waals surface area contributed by atoms with Gasteiger partial charge in [-0.05, 0) is 36.4 Å². The van der Waals surface area contributed by atoms with Gasteiger partial charge in [-0.3, -0.25) is 0 Å². The van der Waals surface area contributed by atoms with Crippen LogP contribution in [-0.4, -0.2) is 28.6 Å². The summed E-state index contributed by atoms with van der Waals surface area (Å²) in [7, 11) is 3.83. The van der Waals surface area contributed by atoms with E-state index < -0.39 is 0 Å². The number of nitrogens with one attached hydrogen (secondary N) is 1. The Morgan fingerprint density at radius 2 is 1.34 bits per heavy atom. The lowest BCUT2D eigenvalue weighted by Crippen LogP contribution is -2.29. The van der Waals surface area contributed by atoms with Gasteiger partial charge in [0.2, 0.25) is 17.5 Å². The van der Waals surface area contributed by atoms with Crippen LogP contribution in [0.25, 0.3) is 5.69 Å². The van der Waals surface area contributed by atoms with Gasteiger partial charge >= 0.3 is 0 Å². The molecule has 4 aromatic rings. The fourth-order valence-corrected chi connectivity index (χ4v) is 2.85. The molecule has 0 radical (unpaired) electrons. The molecular weight excluding hydrogens is 360 g/mol. The smallest absolute Gasteiger partial charge is 0.240 e. The predicted octanol–water partition coefficient (Wildman–Crippen LogP) is 4.31. The number of hydrogen-bond donors (Lipinski definition) is 1. The Morgan fingerprint density at radius 1 is 0.759 bits per heavy atom. The van der Waals surface area contributed by atoms with Gasteiger partial charge in [-0.15, -0.1) is 0 Å². The molecule has 0 spiro atoms. The second kappa shape index (κ2) is 8.39. The fourth-order valence-electron chi connectivity index (χ4n) is 2.85. The van der Waals surface area contributed by atoms with Crippen LogP contribution >= 0.6 is 0 Å². The minimum Gasteiger partial charge on any atom is -0.347 e. The van der Waals surface area contributed by atoms with Crippen molar-refractivity contribution in [3.8, 4) is 5.69 Å². The third kappa shape index (κ3) is 4.32. The van der Waals surface area contributed by atoms with E-state index in [9.17, 15) is 0 Å². The SMILES string of the molecule is CN(C)c1nc(Nc2ccccc2)n(-c2ccccc2)c(=Nc2ccccc2)n1. The van der Waals surface area contributed by atoms with Crippen LogP contribution in [0.3, 0.4) is 0 Å². The van der Waals surface area contributed by atoms with Crippen molar-refractivity contribution in [1.82, 2.24) is 14.5 Å². The summed E-state index contributed by atoms with van der Waals surface area (Å²) in [5.74, 6) is 1.21. The standard InChI is InChI=1S/C23H22N6/c1-28(2)21-26-22(24-18-12-6-3-7-13-18)29(20-16-10-5-11-17-20)23(27-21)25-19-14-8-4-9-15-19/h3-17H,1-2H3,(H,24,25,26,27). The highest BCUT2D eigenvalue weighted by Crippen LogP contribution is 2.19. The van der Waals surface area contributed by atoms with Gasteiger partial charge in [0.1, 0.15) is 0 Å². The van der Waals surface area contributed by atoms with Gasteiger partial charge in [-0.1, -0.05) is 54.6 Å². The summed E-state index contributed by atoms with van der Waals surface area (Å²) >= 11 is 0. The monoisotopic (exact) mass is 382 g/mol. The maximum Gasteiger partial charge on any atom is 0.240 e. The number of nitrogens with zero attached hydrogens (tertiary/aromatic N) is 5. The Labute approximate surface area is 169 Å². The highest BCUT2D eigenvalue weighted by molar-refractivity contribution is 5.56. The van der Waals surface area contributed by atoms with E-state index in [-0.39, 0.29) is 0 Å². The molecule has 1 aromatic heterocycles. The van der Waals surface area contributed by atoms with Crippen LogP contribution in [0.2, 0.25) is 0 Å². The Hall–Kier alpha value is -3.93. The Kier molecular flexibility index (Phi) is 5.33. The molecule has 0 fully saturated rings. The third-order valence-corrected chi connectivity index (χ3v) is 4.25. The van der Waals surface area contributed by atoms with Crippen LogP contribution in [0.1, 0.15) is 0 Å². The van der Waals surface area contributed by atoms with E-state index in [1.54, 1.807) is 0 Å². The molecule has 6 nitrogen and oxygen atoms in total. The van der Waals surface area contributed by atoms with Gasteiger partial charge in [0.15, 0.2) is 0 Å². The molecule has 1 heterocycles. The van der Waals surface area contributed by atoms with Crippen LogP contribution in [0.5, 0.6) is 0 Å². The first-order valence-corrected chi connectivity index (χ1v) is 9.36. The molecule has 1 N–H and O–H groups in total. The van der Waals surface area contributed by atoms with Crippen molar-refractivity contribution >= 4 is 23.3 Å². The number of anilines is 3. The van der Waals surface area contributed by atoms with E-state index in [4.69, 9.17) is 15.0 Å². The molecule has 0 bridgehead atoms. The van der Waals surface area contributed by atoms with Gasteiger partial charge in [-0.2, -0.15) is 9.97 Å². The largest absolute Gasteiger partial charge is 0.347 e. The van der Waals surface area contributed by atoms with Crippen molar-refractivity contribution in [2.45, 2.75) is 0 Å². The second-order valence-electron chi connectivity index (χ2n) is 6.65. The molecule has 0 amide bonds. The number of rotatable bonds is 5. The molecule has 0 saturated heterocycles. The van der Waals surface area contributed by atoms with Gasteiger partial charge in [0.05, 0.1) is 11.4 Å². The zero-order valence-corrected chi connectivity index (χ0v) is 16.4. The quantitative estimate of drug-likeness (QED) is 0.559. The number of hydrogen-bond acceptors (Lipinski definition) is 5. The van der Waals surface area contributed by atoms with E-state index in [0.717, 1.165) is 17.1 Å². The predicted molar refractivity (Wildman–Crippen MR) is 117 cm³/mol. The molecule has 144 valence electrons. The van der Waals surface area contributed by atoms with Crippen LogP contribution in [0, 0.1) is 0 Å². The molecule has 0 aliphatic carbocycles. The molecule has 3 aromatic carbocycles. The molecule has 0 atom stereocenters. The van der Waals surface area contributed by atoms with Gasteiger partial charge in [0.25, 0.3) is 0 Å². The lowest BCUT2D eigenvalue weighted by atomic mass is 10.3. The zero-order chi connectivity index (χ0) is 20.1. The van der Waals surface area contributed by atoms with Gasteiger partial charge in [0, 0.05) is 19.8 Å². The van der Waals surface area contributed by atoms with E-state index >= 15 is 0 Å². The summed E-state index contributed by atoms with van der Waals surface area (Å²) in [5.41, 5.74) is 3.22. The summed E-state index contributed by atoms with van der Waals surface area (Å²) in [6, 6.07) is 29.7. The molecule has 0 unspecified atom stereocenters. The molecule has 29 heavy (non-hydrogen) atoms. The average molecular weight is 382 g/mol. The summed E-state index contributed by atoms with van der Waals surface area (Å²) in [4.78, 5) is 16.1. The fraction of sp³-hybridized carbons (Fsp3) is 0.0870. The lowest BCUT2D eigenvalue weighted by Gasteiger charge is -2.18. The van der Waals surface area contributed by atoms with Crippen molar-refractivity contribution in [3.63, 3.8) is 0 Å².